The molecule has 0 amide bonds. The topological polar surface area (TPSA) is 51.0 Å². The molecule has 0 heterocycles. The van der Waals surface area contributed by atoms with Crippen LogP contribution in [0.25, 0.3) is 0 Å². The van der Waals surface area contributed by atoms with Crippen molar-refractivity contribution in [3.8, 4) is 17.2 Å². The Balaban J connectivity index is 2.34. The highest BCUT2D eigenvalue weighted by atomic mass is 35.5. The van der Waals surface area contributed by atoms with Crippen molar-refractivity contribution in [2.75, 3.05) is 14.2 Å². The number of hydrogen-bond acceptors (Lipinski definition) is 4. The molecule has 2 aromatic rings. The second-order valence-electron chi connectivity index (χ2n) is 3.97. The fraction of sp³-hybridized carbons (Fsp3) is 0.133. The van der Waals surface area contributed by atoms with Crippen LogP contribution in [0.4, 0.5) is 5.69 Å². The number of para-hydroxylation sites is 1. The van der Waals surface area contributed by atoms with Crippen molar-refractivity contribution >= 4 is 23.5 Å². The standard InChI is InChI=1S/C15H14ClNO3/c1-19-13-5-3-4-10(15(13)18)9-17-12-7-6-11(16)8-14(12)20-2/h3-9,18H,1-2H3. The summed E-state index contributed by atoms with van der Waals surface area (Å²) in [6.45, 7) is 0. The summed E-state index contributed by atoms with van der Waals surface area (Å²) < 4.78 is 10.2. The first-order valence-corrected chi connectivity index (χ1v) is 6.27. The number of phenolic OH excluding ortho intramolecular Hbond substituents is 1. The average molecular weight is 292 g/mol. The zero-order chi connectivity index (χ0) is 14.5. The third kappa shape index (κ3) is 3.03. The molecule has 0 saturated heterocycles. The van der Waals surface area contributed by atoms with Crippen LogP contribution in [-0.4, -0.2) is 25.5 Å². The highest BCUT2D eigenvalue weighted by Crippen LogP contribution is 2.32. The number of aromatic hydroxyl groups is 1. The first-order valence-electron chi connectivity index (χ1n) is 5.89. The van der Waals surface area contributed by atoms with Crippen LogP contribution in [0, 0.1) is 0 Å². The molecule has 2 aromatic carbocycles. The molecule has 104 valence electrons. The Morgan fingerprint density at radius 1 is 1.10 bits per heavy atom. The number of aliphatic imine (C=N–C) groups is 1. The van der Waals surface area contributed by atoms with Gasteiger partial charge in [0.25, 0.3) is 0 Å². The lowest BCUT2D eigenvalue weighted by Crippen LogP contribution is -1.88. The average Bonchev–Trinajstić information content (AvgIpc) is 2.47. The lowest BCUT2D eigenvalue weighted by atomic mass is 10.2. The van der Waals surface area contributed by atoms with Crippen LogP contribution >= 0.6 is 11.6 Å². The number of phenols is 1. The summed E-state index contributed by atoms with van der Waals surface area (Å²) in [5.41, 5.74) is 1.18. The smallest absolute Gasteiger partial charge is 0.166 e. The maximum Gasteiger partial charge on any atom is 0.166 e. The summed E-state index contributed by atoms with van der Waals surface area (Å²) in [5.74, 6) is 1.01. The minimum Gasteiger partial charge on any atom is -0.504 e. The Morgan fingerprint density at radius 3 is 2.55 bits per heavy atom. The summed E-state index contributed by atoms with van der Waals surface area (Å²) in [6, 6.07) is 10.3. The van der Waals surface area contributed by atoms with Gasteiger partial charge in [0.1, 0.15) is 11.4 Å². The van der Waals surface area contributed by atoms with Crippen LogP contribution in [0.5, 0.6) is 17.2 Å². The first-order chi connectivity index (χ1) is 9.65. The van der Waals surface area contributed by atoms with Crippen molar-refractivity contribution in [3.05, 3.63) is 47.0 Å². The molecule has 0 saturated carbocycles. The Bertz CT molecular complexity index is 641. The summed E-state index contributed by atoms with van der Waals surface area (Å²) >= 11 is 5.89. The van der Waals surface area contributed by atoms with E-state index in [-0.39, 0.29) is 5.75 Å². The second kappa shape index (κ2) is 6.30. The number of methoxy groups -OCH3 is 2. The molecule has 20 heavy (non-hydrogen) atoms. The van der Waals surface area contributed by atoms with Crippen LogP contribution in [0.1, 0.15) is 5.56 Å². The highest BCUT2D eigenvalue weighted by molar-refractivity contribution is 6.30. The lowest BCUT2D eigenvalue weighted by molar-refractivity contribution is 0.373. The van der Waals surface area contributed by atoms with Gasteiger partial charge in [-0.25, -0.2) is 0 Å². The number of ether oxygens (including phenoxy) is 2. The zero-order valence-corrected chi connectivity index (χ0v) is 11.9. The van der Waals surface area contributed by atoms with Gasteiger partial charge in [-0.15, -0.1) is 0 Å². The van der Waals surface area contributed by atoms with E-state index >= 15 is 0 Å². The Morgan fingerprint density at radius 2 is 1.85 bits per heavy atom. The minimum atomic E-state index is 0.0479. The lowest BCUT2D eigenvalue weighted by Gasteiger charge is -2.06. The molecule has 0 atom stereocenters. The summed E-state index contributed by atoms with van der Waals surface area (Å²) in [4.78, 5) is 4.30. The minimum absolute atomic E-state index is 0.0479. The van der Waals surface area contributed by atoms with E-state index in [4.69, 9.17) is 21.1 Å². The molecule has 0 bridgehead atoms. The predicted molar refractivity (Wildman–Crippen MR) is 79.9 cm³/mol. The van der Waals surface area contributed by atoms with Crippen LogP contribution in [-0.2, 0) is 0 Å². The van der Waals surface area contributed by atoms with Gasteiger partial charge in [-0.05, 0) is 24.3 Å². The van der Waals surface area contributed by atoms with Gasteiger partial charge in [-0.1, -0.05) is 17.7 Å². The van der Waals surface area contributed by atoms with Crippen molar-refractivity contribution in [3.63, 3.8) is 0 Å². The third-order valence-corrected chi connectivity index (χ3v) is 2.97. The van der Waals surface area contributed by atoms with E-state index in [1.165, 1.54) is 7.11 Å². The molecule has 0 radical (unpaired) electrons. The molecule has 0 aliphatic carbocycles. The Hall–Kier alpha value is -2.20. The number of benzene rings is 2. The van der Waals surface area contributed by atoms with E-state index in [0.29, 0.717) is 27.8 Å². The molecular formula is C15H14ClNO3. The van der Waals surface area contributed by atoms with Crippen LogP contribution in [0.3, 0.4) is 0 Å². The van der Waals surface area contributed by atoms with E-state index < -0.39 is 0 Å². The van der Waals surface area contributed by atoms with Crippen molar-refractivity contribution in [2.45, 2.75) is 0 Å². The zero-order valence-electron chi connectivity index (χ0n) is 11.1. The van der Waals surface area contributed by atoms with Gasteiger partial charge in [0.05, 0.1) is 14.2 Å². The van der Waals surface area contributed by atoms with Gasteiger partial charge in [-0.3, -0.25) is 4.99 Å². The van der Waals surface area contributed by atoms with Crippen molar-refractivity contribution in [1.29, 1.82) is 0 Å². The molecule has 2 rings (SSSR count). The van der Waals surface area contributed by atoms with Crippen LogP contribution in [0.15, 0.2) is 41.4 Å². The Kier molecular flexibility index (Phi) is 4.48. The number of nitrogens with zero attached hydrogens (tertiary/aromatic N) is 1. The van der Waals surface area contributed by atoms with Gasteiger partial charge in [0.2, 0.25) is 0 Å². The molecule has 0 fully saturated rings. The molecule has 0 aliphatic rings. The predicted octanol–water partition coefficient (Wildman–Crippen LogP) is 3.81. The van der Waals surface area contributed by atoms with E-state index in [2.05, 4.69) is 4.99 Å². The quantitative estimate of drug-likeness (QED) is 0.871. The van der Waals surface area contributed by atoms with E-state index in [9.17, 15) is 5.11 Å². The molecule has 5 heteroatoms. The molecular weight excluding hydrogens is 278 g/mol. The fourth-order valence-corrected chi connectivity index (χ4v) is 1.87. The summed E-state index contributed by atoms with van der Waals surface area (Å²) in [6.07, 6.45) is 1.55. The summed E-state index contributed by atoms with van der Waals surface area (Å²) in [7, 11) is 3.05. The van der Waals surface area contributed by atoms with Gasteiger partial charge in [0, 0.05) is 22.9 Å². The third-order valence-electron chi connectivity index (χ3n) is 2.73. The second-order valence-corrected chi connectivity index (χ2v) is 4.41. The van der Waals surface area contributed by atoms with E-state index in [1.54, 1.807) is 49.7 Å². The van der Waals surface area contributed by atoms with Gasteiger partial charge < -0.3 is 14.6 Å². The first kappa shape index (κ1) is 14.2. The number of hydrogen-bond donors (Lipinski definition) is 1. The highest BCUT2D eigenvalue weighted by Gasteiger charge is 2.06. The van der Waals surface area contributed by atoms with Crippen molar-refractivity contribution < 1.29 is 14.6 Å². The maximum atomic E-state index is 9.97. The monoisotopic (exact) mass is 291 g/mol. The maximum absolute atomic E-state index is 9.97. The normalized spacial score (nSPS) is 10.8. The largest absolute Gasteiger partial charge is 0.504 e. The summed E-state index contributed by atoms with van der Waals surface area (Å²) in [5, 5.41) is 10.5. The molecule has 0 aliphatic heterocycles. The van der Waals surface area contributed by atoms with Crippen molar-refractivity contribution in [1.82, 2.24) is 0 Å². The van der Waals surface area contributed by atoms with Crippen LogP contribution in [0.2, 0.25) is 5.02 Å². The SMILES string of the molecule is COc1cc(Cl)ccc1N=Cc1cccc(OC)c1O. The molecule has 0 spiro atoms. The molecule has 1 N–H and O–H groups in total. The van der Waals surface area contributed by atoms with Crippen molar-refractivity contribution in [2.24, 2.45) is 4.99 Å². The molecule has 0 aromatic heterocycles. The van der Waals surface area contributed by atoms with E-state index in [1.807, 2.05) is 0 Å². The van der Waals surface area contributed by atoms with Gasteiger partial charge in [0.15, 0.2) is 11.5 Å². The Labute approximate surface area is 122 Å². The number of halogens is 1. The van der Waals surface area contributed by atoms with Crippen LogP contribution < -0.4 is 9.47 Å². The van der Waals surface area contributed by atoms with Gasteiger partial charge in [-0.2, -0.15) is 0 Å². The molecule has 4 nitrogen and oxygen atoms in total. The molecule has 0 unspecified atom stereocenters. The van der Waals surface area contributed by atoms with Gasteiger partial charge >= 0.3 is 0 Å². The van der Waals surface area contributed by atoms with E-state index in [0.717, 1.165) is 0 Å². The number of rotatable bonds is 4. The fourth-order valence-electron chi connectivity index (χ4n) is 1.71.